The molecule has 1 aromatic heterocycles. The van der Waals surface area contributed by atoms with Crippen molar-refractivity contribution >= 4 is 0 Å². The molecule has 2 aliphatic heterocycles. The Morgan fingerprint density at radius 2 is 1.61 bits per heavy atom. The first-order valence-electron chi connectivity index (χ1n) is 13.6. The van der Waals surface area contributed by atoms with Crippen LogP contribution in [0.4, 0.5) is 17.6 Å². The molecule has 0 radical (unpaired) electrons. The molecule has 0 amide bonds. The number of ether oxygens (including phenoxy) is 1. The molecule has 41 heavy (non-hydrogen) atoms. The summed E-state index contributed by atoms with van der Waals surface area (Å²) in [5, 5.41) is 10.0. The van der Waals surface area contributed by atoms with E-state index < -0.39 is 18.2 Å². The van der Waals surface area contributed by atoms with Crippen LogP contribution in [0, 0.1) is 0 Å². The lowest BCUT2D eigenvalue weighted by Crippen LogP contribution is -2.58. The van der Waals surface area contributed by atoms with Gasteiger partial charge in [0.15, 0.2) is 0 Å². The van der Waals surface area contributed by atoms with E-state index >= 15 is 0 Å². The van der Waals surface area contributed by atoms with Gasteiger partial charge < -0.3 is 4.74 Å². The van der Waals surface area contributed by atoms with Gasteiger partial charge in [-0.25, -0.2) is 4.39 Å². The van der Waals surface area contributed by atoms with Gasteiger partial charge in [0.1, 0.15) is 11.9 Å². The van der Waals surface area contributed by atoms with Gasteiger partial charge in [-0.2, -0.15) is 17.9 Å². The Hall–Kier alpha value is -3.83. The highest BCUT2D eigenvalue weighted by molar-refractivity contribution is 5.44. The highest BCUT2D eigenvalue weighted by Gasteiger charge is 2.45. The zero-order valence-corrected chi connectivity index (χ0v) is 22.5. The molecule has 2 fully saturated rings. The fraction of sp³-hybridized carbons (Fsp3) is 0.367. The fourth-order valence-electron chi connectivity index (χ4n) is 6.39. The average Bonchev–Trinajstić information content (AvgIpc) is 3.61. The number of hydrogen-bond donors (Lipinski definition) is 0. The molecule has 0 bridgehead atoms. The molecule has 0 saturated carbocycles. The van der Waals surface area contributed by atoms with E-state index in [0.29, 0.717) is 48.6 Å². The van der Waals surface area contributed by atoms with E-state index in [-0.39, 0.29) is 23.7 Å². The third kappa shape index (κ3) is 5.56. The van der Waals surface area contributed by atoms with Crippen LogP contribution in [0.1, 0.15) is 34.9 Å². The molecule has 0 unspecified atom stereocenters. The number of piperazine rings is 1. The van der Waals surface area contributed by atoms with Crippen LogP contribution in [0.5, 0.6) is 5.75 Å². The number of methoxy groups -OCH3 is 1. The van der Waals surface area contributed by atoms with Gasteiger partial charge in [0.25, 0.3) is 5.82 Å². The van der Waals surface area contributed by atoms with Gasteiger partial charge in [0.2, 0.25) is 0 Å². The number of halogens is 4. The molecule has 7 nitrogen and oxygen atoms in total. The minimum absolute atomic E-state index is 0.00942. The number of hydrogen-bond acceptors (Lipinski definition) is 6. The van der Waals surface area contributed by atoms with E-state index in [4.69, 9.17) is 4.74 Å². The molecule has 0 aliphatic carbocycles. The number of aromatic nitrogens is 4. The van der Waals surface area contributed by atoms with Gasteiger partial charge in [0, 0.05) is 49.7 Å². The number of nitrogens with zero attached hydrogens (tertiary/aromatic N) is 6. The Balaban J connectivity index is 1.35. The molecule has 3 atom stereocenters. The summed E-state index contributed by atoms with van der Waals surface area (Å²) in [7, 11) is 1.53. The van der Waals surface area contributed by atoms with Crippen molar-refractivity contribution in [3.8, 4) is 11.4 Å². The fourth-order valence-corrected chi connectivity index (χ4v) is 6.39. The van der Waals surface area contributed by atoms with E-state index in [1.54, 1.807) is 12.1 Å². The molecule has 2 saturated heterocycles. The maximum absolute atomic E-state index is 14.9. The van der Waals surface area contributed by atoms with Crippen molar-refractivity contribution in [2.24, 2.45) is 0 Å². The molecular formula is C30H30F4N6O. The predicted octanol–water partition coefficient (Wildman–Crippen LogP) is 5.12. The molecule has 4 aromatic rings. The first-order valence-corrected chi connectivity index (χ1v) is 13.6. The van der Waals surface area contributed by atoms with Gasteiger partial charge in [-0.15, -0.1) is 5.10 Å². The largest absolute Gasteiger partial charge is 0.496 e. The molecule has 2 aliphatic rings. The number of tetrazole rings is 1. The van der Waals surface area contributed by atoms with Gasteiger partial charge in [0.05, 0.1) is 12.8 Å². The van der Waals surface area contributed by atoms with Crippen LogP contribution < -0.4 is 4.74 Å². The molecule has 0 N–H and O–H groups in total. The van der Waals surface area contributed by atoms with Crippen LogP contribution in [-0.4, -0.2) is 75.0 Å². The molecule has 6 rings (SSSR count). The topological polar surface area (TPSA) is 59.3 Å². The minimum atomic E-state index is -4.71. The summed E-state index contributed by atoms with van der Waals surface area (Å²) in [5.41, 5.74) is 3.20. The van der Waals surface area contributed by atoms with Gasteiger partial charge in [-0.05, 0) is 46.2 Å². The molecule has 11 heteroatoms. The first kappa shape index (κ1) is 27.3. The Labute approximate surface area is 235 Å². The Morgan fingerprint density at radius 1 is 0.927 bits per heavy atom. The van der Waals surface area contributed by atoms with E-state index in [9.17, 15) is 17.6 Å². The van der Waals surface area contributed by atoms with Crippen molar-refractivity contribution in [1.82, 2.24) is 30.0 Å². The number of fused-ring (bicyclic) bond motifs is 1. The third-order valence-electron chi connectivity index (χ3n) is 8.07. The van der Waals surface area contributed by atoms with Crippen molar-refractivity contribution < 1.29 is 22.3 Å². The second kappa shape index (κ2) is 11.2. The number of rotatable bonds is 7. The minimum Gasteiger partial charge on any atom is -0.496 e. The van der Waals surface area contributed by atoms with Crippen molar-refractivity contribution in [3.63, 3.8) is 0 Å². The quantitative estimate of drug-likeness (QED) is 0.290. The summed E-state index contributed by atoms with van der Waals surface area (Å²) in [6, 6.07) is 25.3. The zero-order valence-electron chi connectivity index (χ0n) is 22.5. The lowest BCUT2D eigenvalue weighted by molar-refractivity contribution is -0.146. The zero-order chi connectivity index (χ0) is 28.6. The molecular weight excluding hydrogens is 536 g/mol. The monoisotopic (exact) mass is 566 g/mol. The Kier molecular flexibility index (Phi) is 7.48. The third-order valence-corrected chi connectivity index (χ3v) is 8.07. The molecule has 0 spiro atoms. The first-order chi connectivity index (χ1) is 19.8. The molecule has 3 heterocycles. The highest BCUT2D eigenvalue weighted by atomic mass is 19.4. The van der Waals surface area contributed by atoms with E-state index in [1.165, 1.54) is 13.2 Å². The summed E-state index contributed by atoms with van der Waals surface area (Å²) in [6.45, 7) is 2.08. The van der Waals surface area contributed by atoms with Crippen molar-refractivity contribution in [1.29, 1.82) is 0 Å². The van der Waals surface area contributed by atoms with Crippen LogP contribution in [-0.2, 0) is 12.7 Å². The molecule has 214 valence electrons. The Morgan fingerprint density at radius 3 is 2.24 bits per heavy atom. The van der Waals surface area contributed by atoms with Crippen molar-refractivity contribution in [2.75, 3.05) is 26.7 Å². The van der Waals surface area contributed by atoms with Crippen LogP contribution in [0.2, 0.25) is 0 Å². The summed E-state index contributed by atoms with van der Waals surface area (Å²) in [5.74, 6) is -0.639. The van der Waals surface area contributed by atoms with Crippen LogP contribution >= 0.6 is 0 Å². The average molecular weight is 567 g/mol. The summed E-state index contributed by atoms with van der Waals surface area (Å²) >= 11 is 0. The second-order valence-corrected chi connectivity index (χ2v) is 10.7. The lowest BCUT2D eigenvalue weighted by Gasteiger charge is -2.47. The maximum Gasteiger partial charge on any atom is 0.453 e. The Bertz CT molecular complexity index is 1430. The van der Waals surface area contributed by atoms with Crippen LogP contribution in [0.15, 0.2) is 78.9 Å². The van der Waals surface area contributed by atoms with Crippen molar-refractivity contribution in [3.05, 3.63) is 101 Å². The van der Waals surface area contributed by atoms with Gasteiger partial charge >= 0.3 is 6.18 Å². The van der Waals surface area contributed by atoms with Gasteiger partial charge in [-0.1, -0.05) is 60.7 Å². The predicted molar refractivity (Wildman–Crippen MR) is 145 cm³/mol. The second-order valence-electron chi connectivity index (χ2n) is 10.7. The maximum atomic E-state index is 14.9. The SMILES string of the molecule is COc1ccc(-n2nnnc2C(F)(F)F)cc1CN1C[C@@H]2C[C@H](F)CN2[C@H](C(c2ccccc2)c2ccccc2)C1. The van der Waals surface area contributed by atoms with Crippen LogP contribution in [0.3, 0.4) is 0 Å². The number of alkyl halides is 4. The summed E-state index contributed by atoms with van der Waals surface area (Å²) < 4.78 is 61.7. The molecule has 3 aromatic carbocycles. The highest BCUT2D eigenvalue weighted by Crippen LogP contribution is 2.39. The van der Waals surface area contributed by atoms with E-state index in [1.807, 2.05) is 36.4 Å². The van der Waals surface area contributed by atoms with Gasteiger partial charge in [-0.3, -0.25) is 9.80 Å². The van der Waals surface area contributed by atoms with Crippen LogP contribution in [0.25, 0.3) is 5.69 Å². The normalized spacial score (nSPS) is 21.8. The smallest absolute Gasteiger partial charge is 0.453 e. The van der Waals surface area contributed by atoms with E-state index in [0.717, 1.165) is 11.1 Å². The number of benzene rings is 3. The van der Waals surface area contributed by atoms with Crippen molar-refractivity contribution in [2.45, 2.75) is 43.3 Å². The lowest BCUT2D eigenvalue weighted by atomic mass is 9.82. The summed E-state index contributed by atoms with van der Waals surface area (Å²) in [6.07, 6.45) is -5.17. The standard InChI is InChI=1S/C30H30F4N6O/c1-41-27-13-12-24(40-29(30(32,33)34)35-36-37-40)14-22(27)16-38-18-25-15-23(31)17-39(25)26(19-38)28(20-8-4-2-5-9-20)21-10-6-3-7-11-21/h2-14,23,25-26,28H,15-19H2,1H3/t23-,25-,26-/m0/s1. The summed E-state index contributed by atoms with van der Waals surface area (Å²) in [4.78, 5) is 4.57. The van der Waals surface area contributed by atoms with E-state index in [2.05, 4.69) is 49.6 Å².